The van der Waals surface area contributed by atoms with E-state index in [0.717, 1.165) is 80.5 Å². The highest BCUT2D eigenvalue weighted by Crippen LogP contribution is 2.39. The summed E-state index contributed by atoms with van der Waals surface area (Å²) in [6, 6.07) is 15.6. The lowest BCUT2D eigenvalue weighted by molar-refractivity contribution is -0.255. The van der Waals surface area contributed by atoms with Gasteiger partial charge in [0.1, 0.15) is 0 Å². The highest BCUT2D eigenvalue weighted by Gasteiger charge is 2.41. The molecule has 0 saturated carbocycles. The molecule has 3 aliphatic heterocycles. The Morgan fingerprint density at radius 3 is 2.30 bits per heavy atom. The molecular formula is C33H45N3O7. The van der Waals surface area contributed by atoms with Crippen LogP contribution in [0.1, 0.15) is 81.0 Å². The van der Waals surface area contributed by atoms with Crippen molar-refractivity contribution in [1.29, 1.82) is 0 Å². The van der Waals surface area contributed by atoms with Crippen LogP contribution in [0.25, 0.3) is 0 Å². The fourth-order valence-corrected chi connectivity index (χ4v) is 5.98. The number of aliphatic hydroxyl groups excluding tert-OH is 1. The maximum atomic E-state index is 12.4. The van der Waals surface area contributed by atoms with Gasteiger partial charge >= 0.3 is 0 Å². The second-order valence-corrected chi connectivity index (χ2v) is 11.7. The third-order valence-electron chi connectivity index (χ3n) is 8.43. The summed E-state index contributed by atoms with van der Waals surface area (Å²) in [6.07, 6.45) is 4.65. The zero-order valence-electron chi connectivity index (χ0n) is 25.1. The molecule has 2 aromatic carbocycles. The van der Waals surface area contributed by atoms with Crippen LogP contribution in [0.4, 0.5) is 5.69 Å². The minimum Gasteiger partial charge on any atom is -0.392 e. The van der Waals surface area contributed by atoms with Crippen molar-refractivity contribution in [3.8, 4) is 0 Å². The molecule has 3 atom stereocenters. The van der Waals surface area contributed by atoms with E-state index in [1.54, 1.807) is 0 Å². The molecule has 3 saturated heterocycles. The molecule has 1 spiro atoms. The summed E-state index contributed by atoms with van der Waals surface area (Å²) in [5, 5.41) is 15.2. The molecule has 5 rings (SSSR count). The number of nitrogens with zero attached hydrogens (tertiary/aromatic N) is 1. The average molecular weight is 596 g/mol. The quantitative estimate of drug-likeness (QED) is 0.313. The van der Waals surface area contributed by atoms with Crippen molar-refractivity contribution < 1.29 is 33.6 Å². The van der Waals surface area contributed by atoms with Gasteiger partial charge in [-0.3, -0.25) is 9.59 Å². The van der Waals surface area contributed by atoms with Gasteiger partial charge < -0.3 is 39.6 Å². The second-order valence-electron chi connectivity index (χ2n) is 11.7. The number of carbonyl (C=O) groups is 2. The lowest BCUT2D eigenvalue weighted by atomic mass is 9.98. The topological polar surface area (TPSA) is 119 Å². The molecule has 3 fully saturated rings. The fourth-order valence-electron chi connectivity index (χ4n) is 5.98. The number of nitrogens with one attached hydrogen (secondary N) is 2. The van der Waals surface area contributed by atoms with Crippen LogP contribution in [0.3, 0.4) is 0 Å². The smallest absolute Gasteiger partial charge is 0.224 e. The molecule has 0 radical (unpaired) electrons. The van der Waals surface area contributed by atoms with E-state index in [9.17, 15) is 14.7 Å². The van der Waals surface area contributed by atoms with Crippen LogP contribution in [0, 0.1) is 0 Å². The van der Waals surface area contributed by atoms with E-state index in [1.165, 1.54) is 6.92 Å². The molecule has 2 amide bonds. The summed E-state index contributed by atoms with van der Waals surface area (Å²) >= 11 is 0. The molecule has 0 bridgehead atoms. The molecule has 10 heteroatoms. The largest absolute Gasteiger partial charge is 0.392 e. The number of anilines is 1. The predicted octanol–water partition coefficient (Wildman–Crippen LogP) is 4.20. The zero-order chi connectivity index (χ0) is 30.1. The molecule has 10 nitrogen and oxygen atoms in total. The number of amides is 2. The van der Waals surface area contributed by atoms with E-state index in [1.807, 2.05) is 48.5 Å². The van der Waals surface area contributed by atoms with Gasteiger partial charge in [0.15, 0.2) is 12.1 Å². The zero-order valence-corrected chi connectivity index (χ0v) is 25.1. The van der Waals surface area contributed by atoms with Crippen molar-refractivity contribution in [2.75, 3.05) is 44.7 Å². The first-order valence-corrected chi connectivity index (χ1v) is 15.6. The molecule has 3 N–H and O–H groups in total. The fraction of sp³-hybridized carbons (Fsp3) is 0.576. The van der Waals surface area contributed by atoms with Crippen molar-refractivity contribution >= 4 is 17.5 Å². The summed E-state index contributed by atoms with van der Waals surface area (Å²) in [6.45, 7) is 6.07. The first-order valence-electron chi connectivity index (χ1n) is 15.6. The van der Waals surface area contributed by atoms with Crippen LogP contribution in [0.5, 0.6) is 0 Å². The van der Waals surface area contributed by atoms with Gasteiger partial charge in [-0.25, -0.2) is 0 Å². The number of ether oxygens (including phenoxy) is 4. The third kappa shape index (κ3) is 9.07. The molecule has 234 valence electrons. The first-order chi connectivity index (χ1) is 20.9. The lowest BCUT2D eigenvalue weighted by Gasteiger charge is -2.41. The van der Waals surface area contributed by atoms with E-state index >= 15 is 0 Å². The minimum atomic E-state index is -0.549. The number of hydrogen-bond donors (Lipinski definition) is 3. The summed E-state index contributed by atoms with van der Waals surface area (Å²) in [7, 11) is 0. The van der Waals surface area contributed by atoms with Gasteiger partial charge in [0.05, 0.1) is 32.0 Å². The Hall–Kier alpha value is -2.86. The summed E-state index contributed by atoms with van der Waals surface area (Å²) in [4.78, 5) is 25.8. The van der Waals surface area contributed by atoms with E-state index in [-0.39, 0.29) is 30.6 Å². The third-order valence-corrected chi connectivity index (χ3v) is 8.43. The number of piperidine rings is 1. The van der Waals surface area contributed by atoms with Gasteiger partial charge in [-0.1, -0.05) is 42.8 Å². The van der Waals surface area contributed by atoms with E-state index in [4.69, 9.17) is 18.9 Å². The number of benzene rings is 2. The SMILES string of the molecule is CC(=O)NCCCCCC(=O)Nc1ccc([C@@H]2O[C@H](CN3CCC4(CC3)OCCO4)C[C@H](c3ccc(CO)cc3)O2)cc1. The van der Waals surface area contributed by atoms with Gasteiger partial charge in [-0.2, -0.15) is 0 Å². The van der Waals surface area contributed by atoms with Crippen LogP contribution in [0.2, 0.25) is 0 Å². The molecule has 0 aromatic heterocycles. The van der Waals surface area contributed by atoms with Gasteiger partial charge in [0.25, 0.3) is 0 Å². The summed E-state index contributed by atoms with van der Waals surface area (Å²) in [5.41, 5.74) is 3.55. The molecule has 3 aliphatic rings. The first kappa shape index (κ1) is 31.6. The molecular weight excluding hydrogens is 550 g/mol. The van der Waals surface area contributed by atoms with Crippen molar-refractivity contribution in [3.05, 3.63) is 65.2 Å². The van der Waals surface area contributed by atoms with Crippen molar-refractivity contribution in [2.45, 2.75) is 82.8 Å². The predicted molar refractivity (Wildman–Crippen MR) is 161 cm³/mol. The lowest BCUT2D eigenvalue weighted by Crippen LogP contribution is -2.48. The number of rotatable bonds is 12. The summed E-state index contributed by atoms with van der Waals surface area (Å²) < 4.78 is 24.8. The Kier molecular flexibility index (Phi) is 11.2. The Labute approximate surface area is 254 Å². The molecule has 3 heterocycles. The number of hydrogen-bond acceptors (Lipinski definition) is 8. The van der Waals surface area contributed by atoms with E-state index in [2.05, 4.69) is 15.5 Å². The highest BCUT2D eigenvalue weighted by molar-refractivity contribution is 5.90. The minimum absolute atomic E-state index is 0.00549. The molecule has 43 heavy (non-hydrogen) atoms. The normalized spacial score (nSPS) is 23.7. The van der Waals surface area contributed by atoms with Gasteiger partial charge in [-0.15, -0.1) is 0 Å². The van der Waals surface area contributed by atoms with Crippen molar-refractivity contribution in [3.63, 3.8) is 0 Å². The van der Waals surface area contributed by atoms with Crippen LogP contribution in [-0.2, 0) is 35.1 Å². The second kappa shape index (κ2) is 15.2. The number of carbonyl (C=O) groups excluding carboxylic acids is 2. The van der Waals surface area contributed by atoms with Crippen LogP contribution >= 0.6 is 0 Å². The highest BCUT2D eigenvalue weighted by atomic mass is 16.7. The van der Waals surface area contributed by atoms with Crippen molar-refractivity contribution in [1.82, 2.24) is 10.2 Å². The van der Waals surface area contributed by atoms with Gasteiger partial charge in [-0.05, 0) is 36.1 Å². The Morgan fingerprint density at radius 2 is 1.63 bits per heavy atom. The van der Waals surface area contributed by atoms with Crippen molar-refractivity contribution in [2.24, 2.45) is 0 Å². The van der Waals surface area contributed by atoms with Crippen LogP contribution in [-0.4, -0.2) is 73.1 Å². The maximum absolute atomic E-state index is 12.4. The monoisotopic (exact) mass is 595 g/mol. The van der Waals surface area contributed by atoms with Crippen LogP contribution < -0.4 is 10.6 Å². The number of aliphatic hydroxyl groups is 1. The number of unbranched alkanes of at least 4 members (excludes halogenated alkanes) is 2. The van der Waals surface area contributed by atoms with E-state index in [0.29, 0.717) is 26.2 Å². The summed E-state index contributed by atoms with van der Waals surface area (Å²) in [5.74, 6) is -0.462. The Morgan fingerprint density at radius 1 is 0.930 bits per heavy atom. The van der Waals surface area contributed by atoms with Crippen LogP contribution in [0.15, 0.2) is 48.5 Å². The maximum Gasteiger partial charge on any atom is 0.224 e. The molecule has 2 aromatic rings. The number of likely N-dealkylation sites (tertiary alicyclic amines) is 1. The van der Waals surface area contributed by atoms with Gasteiger partial charge in [0, 0.05) is 70.0 Å². The van der Waals surface area contributed by atoms with E-state index < -0.39 is 12.1 Å². The Balaban J connectivity index is 1.18. The standard InChI is InChI=1S/C33H45N3O7/c1-24(38)34-16-4-2-3-5-31(39)35-28-12-10-27(11-13-28)32-42-29(21-30(43-32)26-8-6-25(23-37)7-9-26)22-36-17-14-33(15-18-36)40-19-20-41-33/h6-13,29-30,32,37H,2-5,14-23H2,1H3,(H,34,38)(H,35,39)/t29-,30+,32+/m0/s1. The Bertz CT molecular complexity index is 1170. The molecule has 0 aliphatic carbocycles. The average Bonchev–Trinajstić information content (AvgIpc) is 3.48. The molecule has 0 unspecified atom stereocenters. The van der Waals surface area contributed by atoms with Gasteiger partial charge in [0.2, 0.25) is 11.8 Å².